The molecule has 2 aromatic rings. The van der Waals surface area contributed by atoms with E-state index in [-0.39, 0.29) is 11.7 Å². The molecule has 7 heteroatoms. The average molecular weight is 349 g/mol. The Morgan fingerprint density at radius 2 is 2.04 bits per heavy atom. The quantitative estimate of drug-likeness (QED) is 0.831. The lowest BCUT2D eigenvalue weighted by atomic mass is 10.2. The van der Waals surface area contributed by atoms with Crippen LogP contribution in [0.1, 0.15) is 5.69 Å². The third kappa shape index (κ3) is 4.37. The number of thiazole rings is 1. The molecular formula is C17H20FN3O2S. The van der Waals surface area contributed by atoms with Gasteiger partial charge in [0.2, 0.25) is 5.91 Å². The van der Waals surface area contributed by atoms with Crippen LogP contribution in [0.4, 0.5) is 4.39 Å². The molecule has 0 radical (unpaired) electrons. The average Bonchev–Trinajstić information content (AvgIpc) is 3.04. The van der Waals surface area contributed by atoms with Gasteiger partial charge in [0.15, 0.2) is 0 Å². The van der Waals surface area contributed by atoms with Gasteiger partial charge in [0.05, 0.1) is 25.5 Å². The van der Waals surface area contributed by atoms with Gasteiger partial charge in [-0.3, -0.25) is 9.69 Å². The van der Waals surface area contributed by atoms with Crippen molar-refractivity contribution < 1.29 is 13.9 Å². The van der Waals surface area contributed by atoms with Crippen molar-refractivity contribution in [3.8, 4) is 10.6 Å². The summed E-state index contributed by atoms with van der Waals surface area (Å²) in [6.45, 7) is 3.53. The molecule has 0 aliphatic carbocycles. The van der Waals surface area contributed by atoms with Crippen LogP contribution in [0.15, 0.2) is 29.6 Å². The number of nitrogens with zero attached hydrogens (tertiary/aromatic N) is 3. The number of halogens is 1. The van der Waals surface area contributed by atoms with Crippen LogP contribution in [-0.4, -0.2) is 60.6 Å². The van der Waals surface area contributed by atoms with Crippen LogP contribution in [-0.2, 0) is 16.1 Å². The number of ether oxygens (including phenoxy) is 1. The number of morpholine rings is 1. The molecule has 0 N–H and O–H groups in total. The Balaban J connectivity index is 1.55. The Kier molecular flexibility index (Phi) is 5.55. The standard InChI is InChI=1S/C17H20FN3O2S/c1-20(11-16(22)21-6-8-23-9-7-21)10-15-12-24-17(19-15)13-2-4-14(18)5-3-13/h2-5,12H,6-11H2,1H3. The zero-order valence-corrected chi connectivity index (χ0v) is 14.4. The predicted molar refractivity (Wildman–Crippen MR) is 91.2 cm³/mol. The molecule has 1 aromatic carbocycles. The van der Waals surface area contributed by atoms with Crippen LogP contribution >= 0.6 is 11.3 Å². The van der Waals surface area contributed by atoms with Gasteiger partial charge in [0.1, 0.15) is 10.8 Å². The lowest BCUT2D eigenvalue weighted by molar-refractivity contribution is -0.136. The Bertz CT molecular complexity index is 683. The van der Waals surface area contributed by atoms with Gasteiger partial charge < -0.3 is 9.64 Å². The highest BCUT2D eigenvalue weighted by atomic mass is 32.1. The maximum absolute atomic E-state index is 13.0. The van der Waals surface area contributed by atoms with Crippen molar-refractivity contribution in [1.29, 1.82) is 0 Å². The summed E-state index contributed by atoms with van der Waals surface area (Å²) >= 11 is 1.53. The minimum Gasteiger partial charge on any atom is -0.378 e. The summed E-state index contributed by atoms with van der Waals surface area (Å²) in [6.07, 6.45) is 0. The molecular weight excluding hydrogens is 329 g/mol. The zero-order chi connectivity index (χ0) is 16.9. The predicted octanol–water partition coefficient (Wildman–Crippen LogP) is 2.24. The van der Waals surface area contributed by atoms with Gasteiger partial charge in [0, 0.05) is 30.6 Å². The number of carbonyl (C=O) groups excluding carboxylic acids is 1. The molecule has 24 heavy (non-hydrogen) atoms. The van der Waals surface area contributed by atoms with Crippen molar-refractivity contribution in [3.63, 3.8) is 0 Å². The molecule has 1 aliphatic rings. The zero-order valence-electron chi connectivity index (χ0n) is 13.6. The summed E-state index contributed by atoms with van der Waals surface area (Å²) in [7, 11) is 1.91. The summed E-state index contributed by atoms with van der Waals surface area (Å²) in [5, 5.41) is 2.84. The molecule has 1 saturated heterocycles. The van der Waals surface area contributed by atoms with E-state index in [0.29, 0.717) is 39.4 Å². The molecule has 3 rings (SSSR count). The Hall–Kier alpha value is -1.83. The smallest absolute Gasteiger partial charge is 0.236 e. The highest BCUT2D eigenvalue weighted by molar-refractivity contribution is 7.13. The molecule has 2 heterocycles. The van der Waals surface area contributed by atoms with E-state index in [2.05, 4.69) is 4.98 Å². The van der Waals surface area contributed by atoms with E-state index in [1.807, 2.05) is 22.2 Å². The molecule has 0 unspecified atom stereocenters. The lowest BCUT2D eigenvalue weighted by Crippen LogP contribution is -2.44. The van der Waals surface area contributed by atoms with Gasteiger partial charge in [-0.25, -0.2) is 9.37 Å². The van der Waals surface area contributed by atoms with E-state index < -0.39 is 0 Å². The summed E-state index contributed by atoms with van der Waals surface area (Å²) < 4.78 is 18.3. The third-order valence-corrected chi connectivity index (χ3v) is 4.78. The maximum Gasteiger partial charge on any atom is 0.236 e. The van der Waals surface area contributed by atoms with Crippen molar-refractivity contribution >= 4 is 17.2 Å². The van der Waals surface area contributed by atoms with Crippen molar-refractivity contribution in [1.82, 2.24) is 14.8 Å². The van der Waals surface area contributed by atoms with Gasteiger partial charge >= 0.3 is 0 Å². The number of carbonyl (C=O) groups is 1. The van der Waals surface area contributed by atoms with Crippen LogP contribution in [0.25, 0.3) is 10.6 Å². The second kappa shape index (κ2) is 7.83. The molecule has 1 aliphatic heterocycles. The first-order valence-electron chi connectivity index (χ1n) is 7.86. The Labute approximate surface area is 144 Å². The fourth-order valence-electron chi connectivity index (χ4n) is 2.58. The summed E-state index contributed by atoms with van der Waals surface area (Å²) in [5.41, 5.74) is 1.82. The minimum atomic E-state index is -0.253. The number of likely N-dealkylation sites (N-methyl/N-ethyl adjacent to an activating group) is 1. The molecule has 5 nitrogen and oxygen atoms in total. The van der Waals surface area contributed by atoms with Crippen LogP contribution in [0.3, 0.4) is 0 Å². The molecule has 1 fully saturated rings. The molecule has 0 bridgehead atoms. The monoisotopic (exact) mass is 349 g/mol. The molecule has 128 valence electrons. The highest BCUT2D eigenvalue weighted by Gasteiger charge is 2.18. The first-order valence-corrected chi connectivity index (χ1v) is 8.74. The van der Waals surface area contributed by atoms with Gasteiger partial charge in [-0.2, -0.15) is 0 Å². The number of aromatic nitrogens is 1. The fourth-order valence-corrected chi connectivity index (χ4v) is 3.40. The van der Waals surface area contributed by atoms with Gasteiger partial charge in [-0.05, 0) is 31.3 Å². The van der Waals surface area contributed by atoms with Crippen LogP contribution in [0.2, 0.25) is 0 Å². The van der Waals surface area contributed by atoms with E-state index in [1.54, 1.807) is 12.1 Å². The van der Waals surface area contributed by atoms with Crippen LogP contribution < -0.4 is 0 Å². The number of rotatable bonds is 5. The SMILES string of the molecule is CN(CC(=O)N1CCOCC1)Cc1csc(-c2ccc(F)cc2)n1. The van der Waals surface area contributed by atoms with Crippen LogP contribution in [0.5, 0.6) is 0 Å². The fraction of sp³-hybridized carbons (Fsp3) is 0.412. The van der Waals surface area contributed by atoms with Gasteiger partial charge in [-0.15, -0.1) is 11.3 Å². The largest absolute Gasteiger partial charge is 0.378 e. The van der Waals surface area contributed by atoms with Crippen LogP contribution in [0, 0.1) is 5.82 Å². The number of hydrogen-bond acceptors (Lipinski definition) is 5. The number of amides is 1. The molecule has 0 spiro atoms. The van der Waals surface area contributed by atoms with E-state index in [9.17, 15) is 9.18 Å². The van der Waals surface area contributed by atoms with Gasteiger partial charge in [-0.1, -0.05) is 0 Å². The summed E-state index contributed by atoms with van der Waals surface area (Å²) in [4.78, 5) is 20.6. The van der Waals surface area contributed by atoms with Crippen molar-refractivity contribution in [2.45, 2.75) is 6.54 Å². The second-order valence-electron chi connectivity index (χ2n) is 5.82. The number of benzene rings is 1. The van der Waals surface area contributed by atoms with Crippen molar-refractivity contribution in [2.24, 2.45) is 0 Å². The van der Waals surface area contributed by atoms with E-state index in [4.69, 9.17) is 4.74 Å². The van der Waals surface area contributed by atoms with Crippen molar-refractivity contribution in [2.75, 3.05) is 39.9 Å². The number of hydrogen-bond donors (Lipinski definition) is 0. The molecule has 1 amide bonds. The van der Waals surface area contributed by atoms with Gasteiger partial charge in [0.25, 0.3) is 0 Å². The summed E-state index contributed by atoms with van der Waals surface area (Å²) in [6, 6.07) is 6.32. The second-order valence-corrected chi connectivity index (χ2v) is 6.67. The van der Waals surface area contributed by atoms with E-state index in [1.165, 1.54) is 23.5 Å². The minimum absolute atomic E-state index is 0.120. The molecule has 0 saturated carbocycles. The first kappa shape index (κ1) is 17.0. The lowest BCUT2D eigenvalue weighted by Gasteiger charge is -2.28. The van der Waals surface area contributed by atoms with E-state index >= 15 is 0 Å². The van der Waals surface area contributed by atoms with E-state index in [0.717, 1.165) is 16.3 Å². The highest BCUT2D eigenvalue weighted by Crippen LogP contribution is 2.24. The topological polar surface area (TPSA) is 45.7 Å². The molecule has 0 atom stereocenters. The third-order valence-electron chi connectivity index (χ3n) is 3.84. The maximum atomic E-state index is 13.0. The Morgan fingerprint density at radius 1 is 1.33 bits per heavy atom. The van der Waals surface area contributed by atoms with Crippen molar-refractivity contribution in [3.05, 3.63) is 41.2 Å². The summed E-state index contributed by atoms with van der Waals surface area (Å²) in [5.74, 6) is -0.133. The Morgan fingerprint density at radius 3 is 2.75 bits per heavy atom. The first-order chi connectivity index (χ1) is 11.6. The molecule has 1 aromatic heterocycles. The normalized spacial score (nSPS) is 15.0.